The quantitative estimate of drug-likeness (QED) is 0.771. The predicted molar refractivity (Wildman–Crippen MR) is 60.6 cm³/mol. The van der Waals surface area contributed by atoms with Crippen LogP contribution in [0.2, 0.25) is 0 Å². The third kappa shape index (κ3) is 5.37. The molecule has 3 nitrogen and oxygen atoms in total. The molecule has 0 radical (unpaired) electrons. The SMILES string of the molecule is CC(C(=O)NCCS(C)=O)C(C)(C)C. The molecule has 0 fully saturated rings. The van der Waals surface area contributed by atoms with E-state index in [1.165, 1.54) is 0 Å². The van der Waals surface area contributed by atoms with Crippen molar-refractivity contribution in [1.29, 1.82) is 0 Å². The summed E-state index contributed by atoms with van der Waals surface area (Å²) in [6.45, 7) is 8.53. The Labute approximate surface area is 89.1 Å². The molecule has 0 bridgehead atoms. The highest BCUT2D eigenvalue weighted by Crippen LogP contribution is 2.24. The molecule has 84 valence electrons. The van der Waals surface area contributed by atoms with E-state index in [1.54, 1.807) is 6.26 Å². The first-order valence-corrected chi connectivity index (χ1v) is 6.55. The van der Waals surface area contributed by atoms with Crippen LogP contribution in [0.1, 0.15) is 27.7 Å². The molecule has 2 unspecified atom stereocenters. The van der Waals surface area contributed by atoms with Crippen molar-refractivity contribution >= 4 is 16.7 Å². The Balaban J connectivity index is 3.91. The molecule has 1 amide bonds. The molecule has 0 aliphatic rings. The smallest absolute Gasteiger partial charge is 0.223 e. The normalized spacial score (nSPS) is 16.1. The Morgan fingerprint density at radius 3 is 2.29 bits per heavy atom. The van der Waals surface area contributed by atoms with Crippen LogP contribution in [-0.4, -0.2) is 28.7 Å². The molecular formula is C10H21NO2S. The van der Waals surface area contributed by atoms with Gasteiger partial charge in [-0.1, -0.05) is 27.7 Å². The molecule has 0 aliphatic carbocycles. The average Bonchev–Trinajstić information content (AvgIpc) is 2.00. The Morgan fingerprint density at radius 1 is 1.43 bits per heavy atom. The molecule has 0 aromatic rings. The van der Waals surface area contributed by atoms with Crippen LogP contribution in [0.15, 0.2) is 0 Å². The molecule has 0 spiro atoms. The van der Waals surface area contributed by atoms with E-state index < -0.39 is 10.8 Å². The molecule has 4 heteroatoms. The van der Waals surface area contributed by atoms with E-state index in [2.05, 4.69) is 5.32 Å². The van der Waals surface area contributed by atoms with Gasteiger partial charge in [0.1, 0.15) is 0 Å². The number of hydrogen-bond donors (Lipinski definition) is 1. The minimum atomic E-state index is -0.831. The van der Waals surface area contributed by atoms with Crippen LogP contribution in [-0.2, 0) is 15.6 Å². The summed E-state index contributed by atoms with van der Waals surface area (Å²) < 4.78 is 10.8. The van der Waals surface area contributed by atoms with Gasteiger partial charge in [0.15, 0.2) is 0 Å². The fourth-order valence-electron chi connectivity index (χ4n) is 0.864. The molecule has 0 saturated heterocycles. The predicted octanol–water partition coefficient (Wildman–Crippen LogP) is 1.16. The van der Waals surface area contributed by atoms with Gasteiger partial charge in [0.25, 0.3) is 0 Å². The molecule has 0 aromatic heterocycles. The summed E-state index contributed by atoms with van der Waals surface area (Å²) in [5.41, 5.74) is -0.0184. The first-order chi connectivity index (χ1) is 6.25. The van der Waals surface area contributed by atoms with Gasteiger partial charge in [-0.2, -0.15) is 0 Å². The zero-order valence-electron chi connectivity index (χ0n) is 9.72. The van der Waals surface area contributed by atoms with E-state index in [-0.39, 0.29) is 17.2 Å². The van der Waals surface area contributed by atoms with Crippen LogP contribution >= 0.6 is 0 Å². The van der Waals surface area contributed by atoms with Crippen molar-refractivity contribution in [3.8, 4) is 0 Å². The minimum Gasteiger partial charge on any atom is -0.355 e. The van der Waals surface area contributed by atoms with E-state index in [0.29, 0.717) is 12.3 Å². The van der Waals surface area contributed by atoms with E-state index >= 15 is 0 Å². The molecule has 2 atom stereocenters. The zero-order chi connectivity index (χ0) is 11.4. The van der Waals surface area contributed by atoms with Crippen molar-refractivity contribution in [1.82, 2.24) is 5.32 Å². The number of hydrogen-bond acceptors (Lipinski definition) is 2. The summed E-state index contributed by atoms with van der Waals surface area (Å²) in [6.07, 6.45) is 1.64. The van der Waals surface area contributed by atoms with Crippen LogP contribution in [0, 0.1) is 11.3 Å². The molecule has 1 N–H and O–H groups in total. The van der Waals surface area contributed by atoms with Crippen molar-refractivity contribution < 1.29 is 9.00 Å². The maximum atomic E-state index is 11.6. The summed E-state index contributed by atoms with van der Waals surface area (Å²) in [4.78, 5) is 11.6. The lowest BCUT2D eigenvalue weighted by Gasteiger charge is -2.25. The molecule has 0 heterocycles. The minimum absolute atomic E-state index is 0.0184. The van der Waals surface area contributed by atoms with E-state index in [0.717, 1.165) is 0 Å². The van der Waals surface area contributed by atoms with Gasteiger partial charge >= 0.3 is 0 Å². The number of carbonyl (C=O) groups is 1. The maximum absolute atomic E-state index is 11.6. The second kappa shape index (κ2) is 5.49. The number of nitrogens with one attached hydrogen (secondary N) is 1. The van der Waals surface area contributed by atoms with Crippen LogP contribution in [0.4, 0.5) is 0 Å². The molecule has 14 heavy (non-hydrogen) atoms. The molecule has 0 aromatic carbocycles. The van der Waals surface area contributed by atoms with Gasteiger partial charge in [-0.05, 0) is 5.41 Å². The Kier molecular flexibility index (Phi) is 5.34. The Morgan fingerprint density at radius 2 is 1.93 bits per heavy atom. The van der Waals surface area contributed by atoms with Crippen molar-refractivity contribution in [2.75, 3.05) is 18.6 Å². The number of rotatable bonds is 4. The third-order valence-corrected chi connectivity index (χ3v) is 3.16. The fraction of sp³-hybridized carbons (Fsp3) is 0.900. The molecule has 0 aliphatic heterocycles. The first-order valence-electron chi connectivity index (χ1n) is 4.83. The molecular weight excluding hydrogens is 198 g/mol. The summed E-state index contributed by atoms with van der Waals surface area (Å²) >= 11 is 0. The third-order valence-electron chi connectivity index (χ3n) is 2.38. The summed E-state index contributed by atoms with van der Waals surface area (Å²) in [5, 5.41) is 2.79. The summed E-state index contributed by atoms with van der Waals surface area (Å²) in [6, 6.07) is 0. The van der Waals surface area contributed by atoms with Gasteiger partial charge in [0, 0.05) is 35.3 Å². The fourth-order valence-corrected chi connectivity index (χ4v) is 1.25. The van der Waals surface area contributed by atoms with E-state index in [1.807, 2.05) is 27.7 Å². The van der Waals surface area contributed by atoms with Gasteiger partial charge in [0.2, 0.25) is 5.91 Å². The lowest BCUT2D eigenvalue weighted by atomic mass is 9.81. The Hall–Kier alpha value is -0.380. The van der Waals surface area contributed by atoms with Crippen molar-refractivity contribution in [3.63, 3.8) is 0 Å². The lowest BCUT2D eigenvalue weighted by molar-refractivity contribution is -0.127. The Bertz CT molecular complexity index is 221. The van der Waals surface area contributed by atoms with Crippen LogP contribution in [0.3, 0.4) is 0 Å². The largest absolute Gasteiger partial charge is 0.355 e. The van der Waals surface area contributed by atoms with Gasteiger partial charge in [-0.25, -0.2) is 0 Å². The first kappa shape index (κ1) is 13.6. The van der Waals surface area contributed by atoms with Crippen LogP contribution in [0.5, 0.6) is 0 Å². The monoisotopic (exact) mass is 219 g/mol. The van der Waals surface area contributed by atoms with Gasteiger partial charge in [-0.15, -0.1) is 0 Å². The van der Waals surface area contributed by atoms with Gasteiger partial charge in [-0.3, -0.25) is 9.00 Å². The van der Waals surface area contributed by atoms with Crippen molar-refractivity contribution in [3.05, 3.63) is 0 Å². The van der Waals surface area contributed by atoms with Gasteiger partial charge < -0.3 is 5.32 Å². The molecule has 0 rings (SSSR count). The number of amides is 1. The zero-order valence-corrected chi connectivity index (χ0v) is 10.5. The second-order valence-electron chi connectivity index (χ2n) is 4.66. The second-order valence-corrected chi connectivity index (χ2v) is 6.21. The summed E-state index contributed by atoms with van der Waals surface area (Å²) in [5.74, 6) is 0.554. The van der Waals surface area contributed by atoms with Crippen molar-refractivity contribution in [2.24, 2.45) is 11.3 Å². The van der Waals surface area contributed by atoms with E-state index in [9.17, 15) is 9.00 Å². The standard InChI is InChI=1S/C10H21NO2S/c1-8(10(2,3)4)9(12)11-6-7-14(5)13/h8H,6-7H2,1-5H3,(H,11,12). The van der Waals surface area contributed by atoms with Gasteiger partial charge in [0.05, 0.1) is 0 Å². The highest BCUT2D eigenvalue weighted by atomic mass is 32.2. The average molecular weight is 219 g/mol. The highest BCUT2D eigenvalue weighted by Gasteiger charge is 2.26. The van der Waals surface area contributed by atoms with Crippen LogP contribution < -0.4 is 5.32 Å². The summed E-state index contributed by atoms with van der Waals surface area (Å²) in [7, 11) is -0.831. The topological polar surface area (TPSA) is 46.2 Å². The van der Waals surface area contributed by atoms with E-state index in [4.69, 9.17) is 0 Å². The number of carbonyl (C=O) groups excluding carboxylic acids is 1. The molecule has 0 saturated carbocycles. The highest BCUT2D eigenvalue weighted by molar-refractivity contribution is 7.84. The van der Waals surface area contributed by atoms with Crippen LogP contribution in [0.25, 0.3) is 0 Å². The lowest BCUT2D eigenvalue weighted by Crippen LogP contribution is -2.37. The van der Waals surface area contributed by atoms with Crippen molar-refractivity contribution in [2.45, 2.75) is 27.7 Å². The maximum Gasteiger partial charge on any atom is 0.223 e.